The molecule has 0 saturated carbocycles. The lowest BCUT2D eigenvalue weighted by molar-refractivity contribution is 0.0609. The summed E-state index contributed by atoms with van der Waals surface area (Å²) in [7, 11) is 0. The normalized spacial score (nSPS) is 14.2. The molecule has 0 spiro atoms. The number of esters is 1. The van der Waals surface area contributed by atoms with Gasteiger partial charge in [-0.2, -0.15) is 0 Å². The highest BCUT2D eigenvalue weighted by atomic mass is 16.5. The van der Waals surface area contributed by atoms with Crippen molar-refractivity contribution in [3.8, 4) is 11.1 Å². The summed E-state index contributed by atoms with van der Waals surface area (Å²) in [5, 5.41) is 0.984. The number of hydrogen-bond acceptors (Lipinski definition) is 5. The van der Waals surface area contributed by atoms with Gasteiger partial charge >= 0.3 is 5.97 Å². The minimum atomic E-state index is -0.398. The average Bonchev–Trinajstić information content (AvgIpc) is 2.69. The van der Waals surface area contributed by atoms with Crippen LogP contribution in [0.5, 0.6) is 0 Å². The number of aromatic nitrogens is 2. The fourth-order valence-corrected chi connectivity index (χ4v) is 3.55. The second kappa shape index (κ2) is 7.35. The first-order valence-corrected chi connectivity index (χ1v) is 9.30. The van der Waals surface area contributed by atoms with Crippen molar-refractivity contribution in [1.82, 2.24) is 9.97 Å². The van der Waals surface area contributed by atoms with Crippen LogP contribution in [-0.4, -0.2) is 21.6 Å². The van der Waals surface area contributed by atoms with Crippen LogP contribution in [0.15, 0.2) is 65.2 Å². The standard InChI is InChI=1S/C23H21N3O2/c1-14-8-9-21(15(2)26-14)28-23(27)22-16(3)24-12-11-19(22)17-10-13-25-20-7-5-4-6-18(17)20/h4-7,10-13H,8-9H2,1-3H3. The number of para-hydroxylation sites is 1. The summed E-state index contributed by atoms with van der Waals surface area (Å²) >= 11 is 0. The fraction of sp³-hybridized carbons (Fsp3) is 0.217. The molecule has 140 valence electrons. The molecule has 0 saturated heterocycles. The van der Waals surface area contributed by atoms with Crippen molar-refractivity contribution in [1.29, 1.82) is 0 Å². The number of benzene rings is 1. The molecule has 1 aromatic carbocycles. The first kappa shape index (κ1) is 18.0. The number of aryl methyl sites for hydroxylation is 1. The molecule has 28 heavy (non-hydrogen) atoms. The lowest BCUT2D eigenvalue weighted by atomic mass is 9.96. The molecule has 4 rings (SSSR count). The summed E-state index contributed by atoms with van der Waals surface area (Å²) in [5.74, 6) is 0.231. The largest absolute Gasteiger partial charge is 0.425 e. The van der Waals surface area contributed by atoms with E-state index in [1.165, 1.54) is 0 Å². The topological polar surface area (TPSA) is 64.4 Å². The van der Waals surface area contributed by atoms with Gasteiger partial charge < -0.3 is 4.74 Å². The molecule has 3 heterocycles. The molecule has 5 heteroatoms. The molecule has 0 atom stereocenters. The van der Waals surface area contributed by atoms with Gasteiger partial charge in [-0.15, -0.1) is 0 Å². The van der Waals surface area contributed by atoms with Crippen molar-refractivity contribution in [2.24, 2.45) is 4.99 Å². The Morgan fingerprint density at radius 2 is 1.68 bits per heavy atom. The predicted octanol–water partition coefficient (Wildman–Crippen LogP) is 5.25. The number of rotatable bonds is 3. The zero-order chi connectivity index (χ0) is 19.7. The molecule has 0 radical (unpaired) electrons. The number of ether oxygens (including phenoxy) is 1. The van der Waals surface area contributed by atoms with E-state index in [0.717, 1.165) is 39.9 Å². The number of aliphatic imine (C=N–C) groups is 1. The van der Waals surface area contributed by atoms with E-state index in [4.69, 9.17) is 4.74 Å². The zero-order valence-corrected chi connectivity index (χ0v) is 16.2. The number of fused-ring (bicyclic) bond motifs is 1. The van der Waals surface area contributed by atoms with Gasteiger partial charge in [-0.1, -0.05) is 18.2 Å². The van der Waals surface area contributed by atoms with Crippen molar-refractivity contribution in [3.05, 3.63) is 71.5 Å². The van der Waals surface area contributed by atoms with E-state index in [1.807, 2.05) is 57.2 Å². The number of nitrogens with zero attached hydrogens (tertiary/aromatic N) is 3. The van der Waals surface area contributed by atoms with E-state index in [0.29, 0.717) is 23.4 Å². The molecular formula is C23H21N3O2. The highest BCUT2D eigenvalue weighted by Gasteiger charge is 2.22. The molecule has 0 bridgehead atoms. The van der Waals surface area contributed by atoms with Crippen LogP contribution in [0.2, 0.25) is 0 Å². The molecule has 0 aliphatic carbocycles. The quantitative estimate of drug-likeness (QED) is 0.590. The second-order valence-corrected chi connectivity index (χ2v) is 6.94. The highest BCUT2D eigenvalue weighted by Crippen LogP contribution is 2.32. The van der Waals surface area contributed by atoms with Crippen molar-refractivity contribution in [2.75, 3.05) is 0 Å². The van der Waals surface area contributed by atoms with Gasteiger partial charge in [-0.05, 0) is 51.0 Å². The lowest BCUT2D eigenvalue weighted by Crippen LogP contribution is -2.13. The summed E-state index contributed by atoms with van der Waals surface area (Å²) in [6.45, 7) is 5.69. The molecule has 2 aromatic heterocycles. The van der Waals surface area contributed by atoms with Gasteiger partial charge in [-0.3, -0.25) is 15.0 Å². The Morgan fingerprint density at radius 3 is 2.50 bits per heavy atom. The lowest BCUT2D eigenvalue weighted by Gasteiger charge is -2.17. The van der Waals surface area contributed by atoms with Gasteiger partial charge in [0.15, 0.2) is 0 Å². The summed E-state index contributed by atoms with van der Waals surface area (Å²) in [6, 6.07) is 11.7. The third kappa shape index (κ3) is 3.31. The summed E-state index contributed by atoms with van der Waals surface area (Å²) < 4.78 is 5.77. The van der Waals surface area contributed by atoms with Gasteiger partial charge in [0.05, 0.1) is 22.5 Å². The Bertz CT molecular complexity index is 1140. The number of pyridine rings is 2. The molecule has 1 aliphatic rings. The fourth-order valence-electron chi connectivity index (χ4n) is 3.55. The molecule has 0 unspecified atom stereocenters. The van der Waals surface area contributed by atoms with Gasteiger partial charge in [0.25, 0.3) is 0 Å². The van der Waals surface area contributed by atoms with Crippen molar-refractivity contribution >= 4 is 22.6 Å². The molecule has 5 nitrogen and oxygen atoms in total. The smallest absolute Gasteiger partial charge is 0.345 e. The third-order valence-electron chi connectivity index (χ3n) is 4.98. The van der Waals surface area contributed by atoms with Crippen molar-refractivity contribution in [2.45, 2.75) is 33.6 Å². The monoisotopic (exact) mass is 371 g/mol. The Labute approximate surface area is 163 Å². The van der Waals surface area contributed by atoms with Crippen LogP contribution in [-0.2, 0) is 4.74 Å². The van der Waals surface area contributed by atoms with E-state index in [-0.39, 0.29) is 0 Å². The number of hydrogen-bond donors (Lipinski definition) is 0. The van der Waals surface area contributed by atoms with Crippen LogP contribution in [0.4, 0.5) is 0 Å². The molecule has 0 fully saturated rings. The predicted molar refractivity (Wildman–Crippen MR) is 110 cm³/mol. The maximum Gasteiger partial charge on any atom is 0.345 e. The SMILES string of the molecule is CC1=NC(C)=C(OC(=O)c2c(-c3ccnc4ccccc34)ccnc2C)CC1. The number of allylic oxidation sites excluding steroid dienone is 2. The van der Waals surface area contributed by atoms with Crippen LogP contribution in [0.3, 0.4) is 0 Å². The molecule has 1 aliphatic heterocycles. The van der Waals surface area contributed by atoms with Gasteiger partial charge in [0.2, 0.25) is 0 Å². The zero-order valence-electron chi connectivity index (χ0n) is 16.2. The maximum atomic E-state index is 13.1. The summed E-state index contributed by atoms with van der Waals surface area (Å²) in [4.78, 5) is 26.3. The van der Waals surface area contributed by atoms with Crippen LogP contribution in [0.1, 0.15) is 42.7 Å². The first-order chi connectivity index (χ1) is 13.5. The number of carbonyl (C=O) groups is 1. The highest BCUT2D eigenvalue weighted by molar-refractivity contribution is 6.04. The van der Waals surface area contributed by atoms with Gasteiger partial charge in [0, 0.05) is 35.5 Å². The van der Waals surface area contributed by atoms with Crippen molar-refractivity contribution in [3.63, 3.8) is 0 Å². The molecular weight excluding hydrogens is 350 g/mol. The maximum absolute atomic E-state index is 13.1. The molecule has 0 amide bonds. The van der Waals surface area contributed by atoms with Crippen molar-refractivity contribution < 1.29 is 9.53 Å². The van der Waals surface area contributed by atoms with E-state index in [9.17, 15) is 4.79 Å². The minimum absolute atomic E-state index is 0.398. The molecule has 3 aromatic rings. The second-order valence-electron chi connectivity index (χ2n) is 6.94. The van der Waals surface area contributed by atoms with Gasteiger partial charge in [-0.25, -0.2) is 4.79 Å². The van der Waals surface area contributed by atoms with E-state index < -0.39 is 5.97 Å². The first-order valence-electron chi connectivity index (χ1n) is 9.30. The van der Waals surface area contributed by atoms with E-state index in [1.54, 1.807) is 12.4 Å². The number of carbonyl (C=O) groups excluding carboxylic acids is 1. The van der Waals surface area contributed by atoms with E-state index >= 15 is 0 Å². The Balaban J connectivity index is 1.81. The van der Waals surface area contributed by atoms with Crippen LogP contribution in [0.25, 0.3) is 22.0 Å². The van der Waals surface area contributed by atoms with Crippen LogP contribution in [0, 0.1) is 6.92 Å². The third-order valence-corrected chi connectivity index (χ3v) is 4.98. The Kier molecular flexibility index (Phi) is 4.74. The summed E-state index contributed by atoms with van der Waals surface area (Å²) in [5.41, 5.74) is 5.54. The Hall–Kier alpha value is -3.34. The Morgan fingerprint density at radius 1 is 0.929 bits per heavy atom. The molecule has 0 N–H and O–H groups in total. The van der Waals surface area contributed by atoms with Crippen LogP contribution >= 0.6 is 0 Å². The van der Waals surface area contributed by atoms with E-state index in [2.05, 4.69) is 15.0 Å². The average molecular weight is 371 g/mol. The van der Waals surface area contributed by atoms with Gasteiger partial charge in [0.1, 0.15) is 5.76 Å². The minimum Gasteiger partial charge on any atom is -0.425 e. The van der Waals surface area contributed by atoms with Crippen LogP contribution < -0.4 is 0 Å². The summed E-state index contributed by atoms with van der Waals surface area (Å²) in [6.07, 6.45) is 4.96.